The molecule has 6 heteroatoms. The number of ether oxygens (including phenoxy) is 1. The van der Waals surface area contributed by atoms with Gasteiger partial charge in [0.2, 0.25) is 5.91 Å². The Labute approximate surface area is 115 Å². The van der Waals surface area contributed by atoms with Gasteiger partial charge in [-0.05, 0) is 0 Å². The maximum atomic E-state index is 11.9. The molecule has 1 heterocycles. The van der Waals surface area contributed by atoms with Crippen LogP contribution >= 0.6 is 0 Å². The largest absolute Gasteiger partial charge is 0.468 e. The number of nitrogens with zero attached hydrogens (tertiary/aromatic N) is 2. The number of carbonyl (C=O) groups is 2. The van der Waals surface area contributed by atoms with Crippen LogP contribution in [0.5, 0.6) is 0 Å². The number of amides is 1. The van der Waals surface area contributed by atoms with Crippen molar-refractivity contribution in [2.24, 2.45) is 0 Å². The van der Waals surface area contributed by atoms with E-state index in [0.717, 1.165) is 19.6 Å². The van der Waals surface area contributed by atoms with Crippen molar-refractivity contribution < 1.29 is 14.3 Å². The normalized spacial score (nSPS) is 16.7. The number of rotatable bonds is 6. The molecule has 1 amide bonds. The molecule has 1 N–H and O–H groups in total. The van der Waals surface area contributed by atoms with Crippen molar-refractivity contribution >= 4 is 11.9 Å². The Morgan fingerprint density at radius 3 is 2.37 bits per heavy atom. The molecule has 0 aromatic rings. The SMILES string of the molecule is COC(=O)CN1CCN(C(=O)CCNC(C)C)CC1. The molecule has 1 rings (SSSR count). The van der Waals surface area contributed by atoms with Gasteiger partial charge >= 0.3 is 5.97 Å². The van der Waals surface area contributed by atoms with E-state index in [0.29, 0.717) is 32.1 Å². The minimum Gasteiger partial charge on any atom is -0.468 e. The third kappa shape index (κ3) is 6.02. The van der Waals surface area contributed by atoms with E-state index in [1.165, 1.54) is 7.11 Å². The second-order valence-electron chi connectivity index (χ2n) is 5.09. The summed E-state index contributed by atoms with van der Waals surface area (Å²) in [5, 5.41) is 3.24. The van der Waals surface area contributed by atoms with Gasteiger partial charge < -0.3 is 15.0 Å². The lowest BCUT2D eigenvalue weighted by molar-refractivity contribution is -0.142. The van der Waals surface area contributed by atoms with Crippen LogP contribution in [0.4, 0.5) is 0 Å². The highest BCUT2D eigenvalue weighted by Gasteiger charge is 2.22. The lowest BCUT2D eigenvalue weighted by atomic mass is 10.2. The predicted molar refractivity (Wildman–Crippen MR) is 72.8 cm³/mol. The average Bonchev–Trinajstić information content (AvgIpc) is 2.38. The molecule has 1 fully saturated rings. The Bertz CT molecular complexity index is 300. The summed E-state index contributed by atoms with van der Waals surface area (Å²) in [5.74, 6) is -0.0354. The molecule has 6 nitrogen and oxygen atoms in total. The first kappa shape index (κ1) is 15.9. The molecule has 110 valence electrons. The average molecular weight is 271 g/mol. The van der Waals surface area contributed by atoms with Crippen molar-refractivity contribution in [3.63, 3.8) is 0 Å². The summed E-state index contributed by atoms with van der Waals surface area (Å²) in [6, 6.07) is 0.407. The molecule has 0 radical (unpaired) electrons. The second kappa shape index (κ2) is 8.12. The molecule has 1 saturated heterocycles. The minimum absolute atomic E-state index is 0.186. The standard InChI is InChI=1S/C13H25N3O3/c1-11(2)14-5-4-12(17)16-8-6-15(7-9-16)10-13(18)19-3/h11,14H,4-10H2,1-3H3. The maximum Gasteiger partial charge on any atom is 0.319 e. The number of esters is 1. The van der Waals surface area contributed by atoms with E-state index in [1.807, 2.05) is 9.80 Å². The zero-order chi connectivity index (χ0) is 14.3. The van der Waals surface area contributed by atoms with Crippen LogP contribution in [-0.2, 0) is 14.3 Å². The Hall–Kier alpha value is -1.14. The number of hydrogen-bond donors (Lipinski definition) is 1. The fourth-order valence-corrected chi connectivity index (χ4v) is 2.03. The van der Waals surface area contributed by atoms with Crippen LogP contribution in [0.1, 0.15) is 20.3 Å². The van der Waals surface area contributed by atoms with Gasteiger partial charge in [0, 0.05) is 45.2 Å². The second-order valence-corrected chi connectivity index (χ2v) is 5.09. The first-order valence-electron chi connectivity index (χ1n) is 6.83. The van der Waals surface area contributed by atoms with Gasteiger partial charge in [-0.15, -0.1) is 0 Å². The Morgan fingerprint density at radius 2 is 1.84 bits per heavy atom. The molecule has 0 aromatic heterocycles. The molecule has 0 aliphatic carbocycles. The van der Waals surface area contributed by atoms with E-state index < -0.39 is 0 Å². The van der Waals surface area contributed by atoms with Crippen molar-refractivity contribution in [1.29, 1.82) is 0 Å². The molecule has 0 bridgehead atoms. The number of nitrogens with one attached hydrogen (secondary N) is 1. The molecule has 0 spiro atoms. The van der Waals surface area contributed by atoms with Crippen LogP contribution in [0.15, 0.2) is 0 Å². The first-order chi connectivity index (χ1) is 9.02. The maximum absolute atomic E-state index is 11.9. The molecule has 0 atom stereocenters. The molecular formula is C13H25N3O3. The summed E-state index contributed by atoms with van der Waals surface area (Å²) in [6.45, 7) is 8.02. The Kier molecular flexibility index (Phi) is 6.80. The lowest BCUT2D eigenvalue weighted by Gasteiger charge is -2.34. The number of piperazine rings is 1. The zero-order valence-electron chi connectivity index (χ0n) is 12.1. The molecule has 19 heavy (non-hydrogen) atoms. The van der Waals surface area contributed by atoms with Gasteiger partial charge in [0.25, 0.3) is 0 Å². The van der Waals surface area contributed by atoms with Crippen LogP contribution in [0.25, 0.3) is 0 Å². The summed E-state index contributed by atoms with van der Waals surface area (Å²) in [6.07, 6.45) is 0.537. The smallest absolute Gasteiger partial charge is 0.319 e. The fraction of sp³-hybridized carbons (Fsp3) is 0.846. The van der Waals surface area contributed by atoms with Gasteiger partial charge in [-0.1, -0.05) is 13.8 Å². The summed E-state index contributed by atoms with van der Waals surface area (Å²) in [7, 11) is 1.39. The quantitative estimate of drug-likeness (QED) is 0.672. The highest BCUT2D eigenvalue weighted by atomic mass is 16.5. The molecule has 0 unspecified atom stereocenters. The van der Waals surface area contributed by atoms with Crippen LogP contribution < -0.4 is 5.32 Å². The highest BCUT2D eigenvalue weighted by molar-refractivity contribution is 5.76. The summed E-state index contributed by atoms with van der Waals surface area (Å²) >= 11 is 0. The lowest BCUT2D eigenvalue weighted by Crippen LogP contribution is -2.50. The Morgan fingerprint density at radius 1 is 1.21 bits per heavy atom. The molecule has 1 aliphatic heterocycles. The van der Waals surface area contributed by atoms with Gasteiger partial charge in [-0.3, -0.25) is 14.5 Å². The molecular weight excluding hydrogens is 246 g/mol. The van der Waals surface area contributed by atoms with E-state index in [1.54, 1.807) is 0 Å². The topological polar surface area (TPSA) is 61.9 Å². The third-order valence-corrected chi connectivity index (χ3v) is 3.20. The van der Waals surface area contributed by atoms with Crippen LogP contribution in [0, 0.1) is 0 Å². The number of hydrogen-bond acceptors (Lipinski definition) is 5. The van der Waals surface area contributed by atoms with Crippen LogP contribution in [-0.4, -0.2) is 74.1 Å². The predicted octanol–water partition coefficient (Wildman–Crippen LogP) is -0.308. The van der Waals surface area contributed by atoms with E-state index >= 15 is 0 Å². The summed E-state index contributed by atoms with van der Waals surface area (Å²) in [4.78, 5) is 27.0. The van der Waals surface area contributed by atoms with Gasteiger partial charge in [-0.2, -0.15) is 0 Å². The van der Waals surface area contributed by atoms with Gasteiger partial charge in [-0.25, -0.2) is 0 Å². The first-order valence-corrected chi connectivity index (χ1v) is 6.83. The number of methoxy groups -OCH3 is 1. The fourth-order valence-electron chi connectivity index (χ4n) is 2.03. The van der Waals surface area contributed by atoms with Crippen molar-refractivity contribution in [2.45, 2.75) is 26.3 Å². The van der Waals surface area contributed by atoms with Gasteiger partial charge in [0.05, 0.1) is 13.7 Å². The summed E-state index contributed by atoms with van der Waals surface area (Å²) in [5.41, 5.74) is 0. The monoisotopic (exact) mass is 271 g/mol. The molecule has 0 saturated carbocycles. The Balaban J connectivity index is 2.21. The van der Waals surface area contributed by atoms with E-state index in [2.05, 4.69) is 23.9 Å². The van der Waals surface area contributed by atoms with Crippen molar-refractivity contribution in [3.05, 3.63) is 0 Å². The minimum atomic E-state index is -0.221. The van der Waals surface area contributed by atoms with Crippen molar-refractivity contribution in [1.82, 2.24) is 15.1 Å². The van der Waals surface area contributed by atoms with Gasteiger partial charge in [0.1, 0.15) is 0 Å². The highest BCUT2D eigenvalue weighted by Crippen LogP contribution is 2.03. The van der Waals surface area contributed by atoms with Gasteiger partial charge in [0.15, 0.2) is 0 Å². The van der Waals surface area contributed by atoms with E-state index in [9.17, 15) is 9.59 Å². The van der Waals surface area contributed by atoms with Crippen molar-refractivity contribution in [3.8, 4) is 0 Å². The van der Waals surface area contributed by atoms with E-state index in [4.69, 9.17) is 0 Å². The number of carbonyl (C=O) groups excluding carboxylic acids is 2. The van der Waals surface area contributed by atoms with Crippen molar-refractivity contribution in [2.75, 3.05) is 46.4 Å². The van der Waals surface area contributed by atoms with Crippen LogP contribution in [0.3, 0.4) is 0 Å². The molecule has 1 aliphatic rings. The van der Waals surface area contributed by atoms with E-state index in [-0.39, 0.29) is 11.9 Å². The molecule has 0 aromatic carbocycles. The summed E-state index contributed by atoms with van der Waals surface area (Å²) < 4.78 is 4.63. The third-order valence-electron chi connectivity index (χ3n) is 3.20. The van der Waals surface area contributed by atoms with Crippen LogP contribution in [0.2, 0.25) is 0 Å². The zero-order valence-corrected chi connectivity index (χ0v) is 12.1.